The van der Waals surface area contributed by atoms with Crippen molar-refractivity contribution in [2.45, 2.75) is 57.9 Å². The van der Waals surface area contributed by atoms with E-state index in [9.17, 15) is 4.79 Å². The molecule has 0 radical (unpaired) electrons. The minimum Gasteiger partial charge on any atom is -0.494 e. The summed E-state index contributed by atoms with van der Waals surface area (Å²) in [4.78, 5) is 18.2. The molecule has 0 spiro atoms. The number of nitrogens with zero attached hydrogens (tertiary/aromatic N) is 2. The van der Waals surface area contributed by atoms with Crippen LogP contribution >= 0.6 is 11.3 Å². The smallest absolute Gasteiger partial charge is 0.226 e. The molecule has 0 atom stereocenters. The first-order valence-corrected chi connectivity index (χ1v) is 11.1. The summed E-state index contributed by atoms with van der Waals surface area (Å²) in [6.45, 7) is 2.64. The summed E-state index contributed by atoms with van der Waals surface area (Å²) in [5.74, 6) is 0.978. The van der Waals surface area contributed by atoms with Crippen molar-refractivity contribution < 1.29 is 9.53 Å². The van der Waals surface area contributed by atoms with Gasteiger partial charge < -0.3 is 10.1 Å². The van der Waals surface area contributed by atoms with Crippen LogP contribution in [0.5, 0.6) is 5.75 Å². The minimum absolute atomic E-state index is 0.114. The third-order valence-corrected chi connectivity index (χ3v) is 6.20. The highest BCUT2D eigenvalue weighted by Crippen LogP contribution is 2.26. The van der Waals surface area contributed by atoms with Crippen LogP contribution in [0.15, 0.2) is 35.8 Å². The van der Waals surface area contributed by atoms with Crippen molar-refractivity contribution >= 4 is 22.2 Å². The Balaban J connectivity index is 1.45. The van der Waals surface area contributed by atoms with Crippen molar-refractivity contribution in [2.75, 3.05) is 6.61 Å². The Hall–Kier alpha value is -2.34. The fourth-order valence-electron chi connectivity index (χ4n) is 3.85. The minimum atomic E-state index is 0.114. The lowest BCUT2D eigenvalue weighted by Crippen LogP contribution is -2.35. The van der Waals surface area contributed by atoms with Gasteiger partial charge in [-0.3, -0.25) is 9.20 Å². The van der Waals surface area contributed by atoms with Gasteiger partial charge in [-0.15, -0.1) is 11.3 Å². The van der Waals surface area contributed by atoms with Gasteiger partial charge in [0.2, 0.25) is 5.91 Å². The molecule has 0 aliphatic heterocycles. The first-order chi connectivity index (χ1) is 13.7. The summed E-state index contributed by atoms with van der Waals surface area (Å²) in [6, 6.07) is 8.32. The highest BCUT2D eigenvalue weighted by molar-refractivity contribution is 7.15. The van der Waals surface area contributed by atoms with Gasteiger partial charge in [-0.05, 0) is 44.0 Å². The van der Waals surface area contributed by atoms with Gasteiger partial charge in [0.1, 0.15) is 5.75 Å². The molecule has 1 amide bonds. The van der Waals surface area contributed by atoms with Gasteiger partial charge in [0.25, 0.3) is 0 Å². The molecule has 6 heteroatoms. The Morgan fingerprint density at radius 2 is 1.96 bits per heavy atom. The lowest BCUT2D eigenvalue weighted by Gasteiger charge is -2.15. The van der Waals surface area contributed by atoms with Gasteiger partial charge in [-0.25, -0.2) is 4.98 Å². The van der Waals surface area contributed by atoms with Gasteiger partial charge in [-0.2, -0.15) is 0 Å². The Morgan fingerprint density at radius 1 is 1.21 bits per heavy atom. The van der Waals surface area contributed by atoms with E-state index in [4.69, 9.17) is 9.72 Å². The number of hydrogen-bond acceptors (Lipinski definition) is 4. The Bertz CT molecular complexity index is 921. The monoisotopic (exact) mass is 397 g/mol. The van der Waals surface area contributed by atoms with Crippen molar-refractivity contribution in [1.82, 2.24) is 14.7 Å². The average Bonchev–Trinajstić information content (AvgIpc) is 3.17. The topological polar surface area (TPSA) is 55.6 Å². The summed E-state index contributed by atoms with van der Waals surface area (Å²) < 4.78 is 7.55. The molecule has 0 bridgehead atoms. The molecule has 2 aromatic heterocycles. The third-order valence-electron chi connectivity index (χ3n) is 5.31. The number of carbonyl (C=O) groups excluding carboxylic acids is 1. The highest BCUT2D eigenvalue weighted by atomic mass is 32.1. The van der Waals surface area contributed by atoms with E-state index in [1.54, 1.807) is 11.3 Å². The second-order valence-corrected chi connectivity index (χ2v) is 8.23. The van der Waals surface area contributed by atoms with Gasteiger partial charge in [0.05, 0.1) is 18.7 Å². The van der Waals surface area contributed by atoms with E-state index in [2.05, 4.69) is 5.32 Å². The second-order valence-electron chi connectivity index (χ2n) is 7.40. The number of ether oxygens (including phenoxy) is 1. The maximum atomic E-state index is 12.6. The molecule has 1 saturated carbocycles. The number of rotatable bonds is 6. The van der Waals surface area contributed by atoms with E-state index in [1.807, 2.05) is 47.2 Å². The molecule has 1 N–H and O–H groups in total. The molecular weight excluding hydrogens is 370 g/mol. The SMILES string of the molecule is CCOc1ccc(-c2cn3c(CC(=O)NC4CCCCCC4)csc3n2)cc1. The predicted octanol–water partition coefficient (Wildman–Crippen LogP) is 4.84. The molecule has 2 heterocycles. The summed E-state index contributed by atoms with van der Waals surface area (Å²) in [6.07, 6.45) is 9.67. The molecular formula is C22H27N3O2S. The predicted molar refractivity (Wildman–Crippen MR) is 113 cm³/mol. The summed E-state index contributed by atoms with van der Waals surface area (Å²) in [5.41, 5.74) is 2.96. The fourth-order valence-corrected chi connectivity index (χ4v) is 4.72. The number of nitrogens with one attached hydrogen (secondary N) is 1. The van der Waals surface area contributed by atoms with Crippen molar-refractivity contribution in [3.8, 4) is 17.0 Å². The number of fused-ring (bicyclic) bond motifs is 1. The number of benzene rings is 1. The quantitative estimate of drug-likeness (QED) is 0.605. The number of hydrogen-bond donors (Lipinski definition) is 1. The molecule has 3 aromatic rings. The Kier molecular flexibility index (Phi) is 5.95. The van der Waals surface area contributed by atoms with E-state index in [0.29, 0.717) is 19.1 Å². The molecule has 28 heavy (non-hydrogen) atoms. The van der Waals surface area contributed by atoms with E-state index < -0.39 is 0 Å². The van der Waals surface area contributed by atoms with Crippen LogP contribution in [-0.4, -0.2) is 27.9 Å². The van der Waals surface area contributed by atoms with Crippen LogP contribution in [0.1, 0.15) is 51.1 Å². The lowest BCUT2D eigenvalue weighted by atomic mass is 10.1. The number of amides is 1. The lowest BCUT2D eigenvalue weighted by molar-refractivity contribution is -0.121. The van der Waals surface area contributed by atoms with Gasteiger partial charge in [0, 0.05) is 28.9 Å². The Morgan fingerprint density at radius 3 is 2.68 bits per heavy atom. The molecule has 1 aliphatic carbocycles. The highest BCUT2D eigenvalue weighted by Gasteiger charge is 2.17. The van der Waals surface area contributed by atoms with E-state index in [0.717, 1.165) is 40.5 Å². The molecule has 148 valence electrons. The van der Waals surface area contributed by atoms with Crippen LogP contribution in [-0.2, 0) is 11.2 Å². The third kappa shape index (κ3) is 4.38. The summed E-state index contributed by atoms with van der Waals surface area (Å²) >= 11 is 1.58. The maximum Gasteiger partial charge on any atom is 0.226 e. The second kappa shape index (κ2) is 8.78. The van der Waals surface area contributed by atoms with Crippen LogP contribution in [0.2, 0.25) is 0 Å². The zero-order valence-electron chi connectivity index (χ0n) is 16.3. The zero-order chi connectivity index (χ0) is 19.3. The zero-order valence-corrected chi connectivity index (χ0v) is 17.1. The molecule has 1 aliphatic rings. The van der Waals surface area contributed by atoms with Gasteiger partial charge >= 0.3 is 0 Å². The number of imidazole rings is 1. The maximum absolute atomic E-state index is 12.6. The van der Waals surface area contributed by atoms with Crippen molar-refractivity contribution in [2.24, 2.45) is 0 Å². The number of thiazole rings is 1. The molecule has 0 saturated heterocycles. The first kappa shape index (κ1) is 19.0. The van der Waals surface area contributed by atoms with Crippen molar-refractivity contribution in [3.05, 3.63) is 41.5 Å². The van der Waals surface area contributed by atoms with E-state index >= 15 is 0 Å². The van der Waals surface area contributed by atoms with E-state index in [-0.39, 0.29) is 5.91 Å². The number of aromatic nitrogens is 2. The fraction of sp³-hybridized carbons (Fsp3) is 0.455. The van der Waals surface area contributed by atoms with Crippen LogP contribution in [0.4, 0.5) is 0 Å². The molecule has 1 aromatic carbocycles. The molecule has 5 nitrogen and oxygen atoms in total. The molecule has 1 fully saturated rings. The Labute approximate surface area is 169 Å². The number of carbonyl (C=O) groups is 1. The van der Waals surface area contributed by atoms with Gasteiger partial charge in [-0.1, -0.05) is 25.7 Å². The van der Waals surface area contributed by atoms with Crippen molar-refractivity contribution in [3.63, 3.8) is 0 Å². The van der Waals surface area contributed by atoms with Crippen LogP contribution in [0.25, 0.3) is 16.2 Å². The van der Waals surface area contributed by atoms with Crippen LogP contribution < -0.4 is 10.1 Å². The average molecular weight is 398 g/mol. The normalized spacial score (nSPS) is 15.5. The molecule has 4 rings (SSSR count). The summed E-state index contributed by atoms with van der Waals surface area (Å²) in [7, 11) is 0. The van der Waals surface area contributed by atoms with Gasteiger partial charge in [0.15, 0.2) is 4.96 Å². The van der Waals surface area contributed by atoms with Crippen LogP contribution in [0.3, 0.4) is 0 Å². The van der Waals surface area contributed by atoms with E-state index in [1.165, 1.54) is 25.7 Å². The molecule has 0 unspecified atom stereocenters. The van der Waals surface area contributed by atoms with Crippen molar-refractivity contribution in [1.29, 1.82) is 0 Å². The summed E-state index contributed by atoms with van der Waals surface area (Å²) in [5, 5.41) is 5.28. The van der Waals surface area contributed by atoms with Crippen LogP contribution in [0, 0.1) is 0 Å². The first-order valence-electron chi connectivity index (χ1n) is 10.2. The standard InChI is InChI=1S/C22H27N3O2S/c1-2-27-19-11-9-16(10-12-19)20-14-25-18(15-28-22(25)24-20)13-21(26)23-17-7-5-3-4-6-8-17/h9-12,14-15,17H,2-8,13H2,1H3,(H,23,26). The largest absolute Gasteiger partial charge is 0.494 e.